The van der Waals surface area contributed by atoms with Gasteiger partial charge in [-0.25, -0.2) is 4.79 Å². The summed E-state index contributed by atoms with van der Waals surface area (Å²) in [7, 11) is 0. The Kier molecular flexibility index (Phi) is 4.77. The maximum absolute atomic E-state index is 11.8. The second-order valence-corrected chi connectivity index (χ2v) is 4.68. The Hall–Kier alpha value is -1.06. The molecule has 2 amide bonds. The summed E-state index contributed by atoms with van der Waals surface area (Å²) in [5.74, 6) is 0.648. The van der Waals surface area contributed by atoms with Crippen LogP contribution < -0.4 is 5.32 Å². The van der Waals surface area contributed by atoms with Crippen molar-refractivity contribution in [1.29, 1.82) is 0 Å². The van der Waals surface area contributed by atoms with Crippen molar-refractivity contribution in [2.45, 2.75) is 46.1 Å². The summed E-state index contributed by atoms with van der Waals surface area (Å²) >= 11 is 0. The number of ketones is 1. The summed E-state index contributed by atoms with van der Waals surface area (Å²) in [6.45, 7) is 7.33. The molecule has 0 aromatic rings. The minimum absolute atomic E-state index is 0.0819. The van der Waals surface area contributed by atoms with Gasteiger partial charge >= 0.3 is 6.03 Å². The Balaban J connectivity index is 2.42. The van der Waals surface area contributed by atoms with E-state index in [9.17, 15) is 9.59 Å². The zero-order chi connectivity index (χ0) is 12.1. The molecule has 1 aliphatic heterocycles. The van der Waals surface area contributed by atoms with Crippen molar-refractivity contribution in [1.82, 2.24) is 10.2 Å². The van der Waals surface area contributed by atoms with Crippen LogP contribution in [0.15, 0.2) is 0 Å². The molecule has 92 valence electrons. The van der Waals surface area contributed by atoms with E-state index < -0.39 is 0 Å². The van der Waals surface area contributed by atoms with Crippen molar-refractivity contribution in [2.75, 3.05) is 13.1 Å². The molecule has 1 aliphatic rings. The Morgan fingerprint density at radius 2 is 2.19 bits per heavy atom. The molecule has 1 heterocycles. The number of hydrogen-bond acceptors (Lipinski definition) is 2. The predicted molar refractivity (Wildman–Crippen MR) is 63.3 cm³/mol. The van der Waals surface area contributed by atoms with Crippen LogP contribution in [0.5, 0.6) is 0 Å². The summed E-state index contributed by atoms with van der Waals surface area (Å²) in [5.41, 5.74) is 0. The fourth-order valence-electron chi connectivity index (χ4n) is 2.04. The van der Waals surface area contributed by atoms with Crippen LogP contribution in [0, 0.1) is 5.92 Å². The lowest BCUT2D eigenvalue weighted by Gasteiger charge is -2.31. The number of rotatable bonds is 3. The van der Waals surface area contributed by atoms with Gasteiger partial charge < -0.3 is 10.2 Å². The van der Waals surface area contributed by atoms with Gasteiger partial charge in [0, 0.05) is 19.5 Å². The number of piperidine rings is 1. The Bertz CT molecular complexity index is 266. The molecule has 1 rings (SSSR count). The van der Waals surface area contributed by atoms with E-state index in [0.29, 0.717) is 12.3 Å². The van der Waals surface area contributed by atoms with Gasteiger partial charge in [0.05, 0.1) is 6.04 Å². The highest BCUT2D eigenvalue weighted by Crippen LogP contribution is 2.15. The largest absolute Gasteiger partial charge is 0.328 e. The van der Waals surface area contributed by atoms with E-state index in [1.807, 2.05) is 11.8 Å². The summed E-state index contributed by atoms with van der Waals surface area (Å²) < 4.78 is 0. The van der Waals surface area contributed by atoms with Crippen LogP contribution in [0.1, 0.15) is 40.0 Å². The van der Waals surface area contributed by atoms with Crippen LogP contribution in [0.4, 0.5) is 4.79 Å². The third kappa shape index (κ3) is 3.51. The number of carbonyl (C=O) groups excluding carboxylic acids is 2. The molecule has 0 aromatic heterocycles. The smallest absolute Gasteiger partial charge is 0.317 e. The lowest BCUT2D eigenvalue weighted by atomic mass is 10.0. The molecular weight excluding hydrogens is 204 g/mol. The lowest BCUT2D eigenvalue weighted by molar-refractivity contribution is -0.120. The van der Waals surface area contributed by atoms with E-state index in [4.69, 9.17) is 0 Å². The van der Waals surface area contributed by atoms with Gasteiger partial charge in [-0.05, 0) is 25.7 Å². The molecule has 0 aliphatic carbocycles. The maximum atomic E-state index is 11.8. The van der Waals surface area contributed by atoms with Gasteiger partial charge in [-0.1, -0.05) is 13.8 Å². The fourth-order valence-corrected chi connectivity index (χ4v) is 2.04. The maximum Gasteiger partial charge on any atom is 0.317 e. The molecule has 1 saturated heterocycles. The standard InChI is InChI=1S/C12H22N2O2/c1-4-11(15)10(3)13-12(16)14-7-5-6-9(2)8-14/h9-10H,4-8H2,1-3H3,(H,13,16). The highest BCUT2D eigenvalue weighted by molar-refractivity contribution is 5.88. The highest BCUT2D eigenvalue weighted by Gasteiger charge is 2.23. The first-order valence-corrected chi connectivity index (χ1v) is 6.12. The van der Waals surface area contributed by atoms with Crippen LogP contribution >= 0.6 is 0 Å². The molecule has 0 spiro atoms. The van der Waals surface area contributed by atoms with Crippen LogP contribution in [0.2, 0.25) is 0 Å². The average Bonchev–Trinajstić information content (AvgIpc) is 2.27. The zero-order valence-electron chi connectivity index (χ0n) is 10.5. The lowest BCUT2D eigenvalue weighted by Crippen LogP contribution is -2.49. The number of amides is 2. The van der Waals surface area contributed by atoms with Gasteiger partial charge in [0.15, 0.2) is 5.78 Å². The molecular formula is C12H22N2O2. The summed E-state index contributed by atoms with van der Waals surface area (Å²) in [6.07, 6.45) is 2.72. The molecule has 1 N–H and O–H groups in total. The van der Waals surface area contributed by atoms with Crippen molar-refractivity contribution < 1.29 is 9.59 Å². The Morgan fingerprint density at radius 1 is 1.50 bits per heavy atom. The van der Waals surface area contributed by atoms with E-state index >= 15 is 0 Å². The first-order chi connectivity index (χ1) is 7.54. The van der Waals surface area contributed by atoms with Gasteiger partial charge in [-0.15, -0.1) is 0 Å². The number of Topliss-reactive ketones (excluding diaryl/α,β-unsaturated/α-hetero) is 1. The molecule has 4 heteroatoms. The second-order valence-electron chi connectivity index (χ2n) is 4.68. The van der Waals surface area contributed by atoms with Crippen LogP contribution in [-0.2, 0) is 4.79 Å². The molecule has 2 atom stereocenters. The quantitative estimate of drug-likeness (QED) is 0.797. The van der Waals surface area contributed by atoms with E-state index in [0.717, 1.165) is 19.5 Å². The van der Waals surface area contributed by atoms with Crippen LogP contribution in [0.25, 0.3) is 0 Å². The Labute approximate surface area is 97.4 Å². The molecule has 0 aromatic carbocycles. The normalized spacial score (nSPS) is 22.7. The van der Waals surface area contributed by atoms with Crippen molar-refractivity contribution in [3.63, 3.8) is 0 Å². The van der Waals surface area contributed by atoms with E-state index in [1.54, 1.807) is 6.92 Å². The third-order valence-corrected chi connectivity index (χ3v) is 3.12. The minimum Gasteiger partial charge on any atom is -0.328 e. The molecule has 16 heavy (non-hydrogen) atoms. The van der Waals surface area contributed by atoms with E-state index in [-0.39, 0.29) is 17.9 Å². The van der Waals surface area contributed by atoms with Crippen LogP contribution in [0.3, 0.4) is 0 Å². The summed E-state index contributed by atoms with van der Waals surface area (Å²) in [4.78, 5) is 25.0. The van der Waals surface area contributed by atoms with Crippen molar-refractivity contribution in [3.8, 4) is 0 Å². The van der Waals surface area contributed by atoms with Gasteiger partial charge in [-0.2, -0.15) is 0 Å². The number of likely N-dealkylation sites (tertiary alicyclic amines) is 1. The molecule has 0 bridgehead atoms. The van der Waals surface area contributed by atoms with Crippen molar-refractivity contribution >= 4 is 11.8 Å². The summed E-state index contributed by atoms with van der Waals surface area (Å²) in [6, 6.07) is -0.462. The second kappa shape index (κ2) is 5.87. The first kappa shape index (κ1) is 13.0. The average molecular weight is 226 g/mol. The van der Waals surface area contributed by atoms with E-state index in [1.165, 1.54) is 6.42 Å². The topological polar surface area (TPSA) is 49.4 Å². The van der Waals surface area contributed by atoms with Crippen LogP contribution in [-0.4, -0.2) is 35.8 Å². The SMILES string of the molecule is CCC(=O)C(C)NC(=O)N1CCCC(C)C1. The van der Waals surface area contributed by atoms with E-state index in [2.05, 4.69) is 12.2 Å². The molecule has 0 radical (unpaired) electrons. The molecule has 1 fully saturated rings. The summed E-state index contributed by atoms with van der Waals surface area (Å²) in [5, 5.41) is 2.76. The first-order valence-electron chi connectivity index (χ1n) is 6.12. The van der Waals surface area contributed by atoms with Gasteiger partial charge in [0.25, 0.3) is 0 Å². The zero-order valence-corrected chi connectivity index (χ0v) is 10.5. The monoisotopic (exact) mass is 226 g/mol. The van der Waals surface area contributed by atoms with Crippen molar-refractivity contribution in [2.24, 2.45) is 5.92 Å². The minimum atomic E-state index is -0.366. The van der Waals surface area contributed by atoms with Gasteiger partial charge in [0.1, 0.15) is 0 Å². The predicted octanol–water partition coefficient (Wildman–Crippen LogP) is 1.80. The third-order valence-electron chi connectivity index (χ3n) is 3.12. The van der Waals surface area contributed by atoms with Crippen molar-refractivity contribution in [3.05, 3.63) is 0 Å². The highest BCUT2D eigenvalue weighted by atomic mass is 16.2. The molecule has 2 unspecified atom stereocenters. The molecule has 0 saturated carbocycles. The number of hydrogen-bond donors (Lipinski definition) is 1. The van der Waals surface area contributed by atoms with Gasteiger partial charge in [0.2, 0.25) is 0 Å². The molecule has 4 nitrogen and oxygen atoms in total. The number of nitrogens with one attached hydrogen (secondary N) is 1. The fraction of sp³-hybridized carbons (Fsp3) is 0.833. The number of urea groups is 1. The van der Waals surface area contributed by atoms with Gasteiger partial charge in [-0.3, -0.25) is 4.79 Å². The number of nitrogens with zero attached hydrogens (tertiary/aromatic N) is 1. The number of carbonyl (C=O) groups is 2. The Morgan fingerprint density at radius 3 is 2.75 bits per heavy atom.